The SMILES string of the molecule is CN(c1nc2sc(-n3ccc(-c4cnn(C5CCCCO5)c4)cc3=O)nc2s1)C1CCN(C(=O)OC(C)(C)C)CC1. The second-order valence-electron chi connectivity index (χ2n) is 11.6. The van der Waals surface area contributed by atoms with Crippen molar-refractivity contribution in [3.05, 3.63) is 41.1 Å². The van der Waals surface area contributed by atoms with Crippen LogP contribution in [0.1, 0.15) is 59.1 Å². The number of carbonyl (C=O) groups is 1. The van der Waals surface area contributed by atoms with Gasteiger partial charge in [-0.1, -0.05) is 22.7 Å². The molecule has 2 fully saturated rings. The van der Waals surface area contributed by atoms with Crippen LogP contribution in [-0.4, -0.2) is 73.7 Å². The zero-order valence-electron chi connectivity index (χ0n) is 23.8. The van der Waals surface area contributed by atoms with Crippen molar-refractivity contribution in [2.24, 2.45) is 0 Å². The molecule has 6 heterocycles. The Labute approximate surface area is 246 Å². The molecule has 0 aliphatic carbocycles. The Morgan fingerprint density at radius 1 is 1.10 bits per heavy atom. The molecule has 0 aromatic carbocycles. The van der Waals surface area contributed by atoms with Gasteiger partial charge in [-0.3, -0.25) is 9.36 Å². The summed E-state index contributed by atoms with van der Waals surface area (Å²) in [4.78, 5) is 40.6. The van der Waals surface area contributed by atoms with Gasteiger partial charge in [0.1, 0.15) is 11.8 Å². The maximum absolute atomic E-state index is 13.1. The van der Waals surface area contributed by atoms with Gasteiger partial charge >= 0.3 is 6.09 Å². The number of ether oxygens (including phenoxy) is 2. The summed E-state index contributed by atoms with van der Waals surface area (Å²) in [6.07, 6.45) is 10.0. The molecule has 0 saturated carbocycles. The van der Waals surface area contributed by atoms with Gasteiger partial charge in [-0.25, -0.2) is 19.4 Å². The molecule has 1 amide bonds. The first-order chi connectivity index (χ1) is 19.6. The Morgan fingerprint density at radius 3 is 2.56 bits per heavy atom. The Bertz CT molecular complexity index is 1550. The van der Waals surface area contributed by atoms with Crippen LogP contribution in [0.4, 0.5) is 9.93 Å². The molecule has 2 saturated heterocycles. The molecule has 0 radical (unpaired) electrons. The lowest BCUT2D eigenvalue weighted by Gasteiger charge is -2.37. The quantitative estimate of drug-likeness (QED) is 0.305. The highest BCUT2D eigenvalue weighted by atomic mass is 32.1. The third-order valence-electron chi connectivity index (χ3n) is 7.43. The lowest BCUT2D eigenvalue weighted by Crippen LogP contribution is -2.47. The minimum atomic E-state index is -0.495. The summed E-state index contributed by atoms with van der Waals surface area (Å²) in [5.74, 6) is 0. The molecule has 1 unspecified atom stereocenters. The van der Waals surface area contributed by atoms with Crippen LogP contribution in [0, 0.1) is 0 Å². The summed E-state index contributed by atoms with van der Waals surface area (Å²) in [5, 5.41) is 5.96. The molecule has 2 aliphatic heterocycles. The Balaban J connectivity index is 1.12. The van der Waals surface area contributed by atoms with Crippen LogP contribution in [-0.2, 0) is 9.47 Å². The van der Waals surface area contributed by atoms with E-state index < -0.39 is 5.60 Å². The highest BCUT2D eigenvalue weighted by Crippen LogP contribution is 2.35. The molecule has 218 valence electrons. The van der Waals surface area contributed by atoms with Gasteiger partial charge in [0, 0.05) is 56.8 Å². The number of likely N-dealkylation sites (tertiary alicyclic amines) is 1. The minimum Gasteiger partial charge on any atom is -0.444 e. The van der Waals surface area contributed by atoms with Crippen molar-refractivity contribution in [3.8, 4) is 16.3 Å². The molecule has 11 nitrogen and oxygen atoms in total. The third-order valence-corrected chi connectivity index (χ3v) is 9.55. The number of hydrogen-bond acceptors (Lipinski definition) is 10. The Morgan fingerprint density at radius 2 is 1.88 bits per heavy atom. The average molecular weight is 598 g/mol. The fourth-order valence-electron chi connectivity index (χ4n) is 5.19. The molecule has 4 aromatic rings. The first kappa shape index (κ1) is 27.9. The Hall–Kier alpha value is -3.29. The second kappa shape index (κ2) is 11.2. The van der Waals surface area contributed by atoms with Gasteiger partial charge in [0.15, 0.2) is 19.9 Å². The highest BCUT2D eigenvalue weighted by Gasteiger charge is 2.30. The topological polar surface area (TPSA) is 108 Å². The highest BCUT2D eigenvalue weighted by molar-refractivity contribution is 7.29. The fraction of sp³-hybridized carbons (Fsp3) is 0.536. The number of thiazole rings is 2. The number of fused-ring (bicyclic) bond motifs is 1. The molecular weight excluding hydrogens is 562 g/mol. The summed E-state index contributed by atoms with van der Waals surface area (Å²) in [6, 6.07) is 3.81. The van der Waals surface area contributed by atoms with E-state index in [1.165, 1.54) is 22.7 Å². The number of rotatable bonds is 5. The molecule has 0 spiro atoms. The van der Waals surface area contributed by atoms with Crippen LogP contribution in [0.25, 0.3) is 25.9 Å². The number of aromatic nitrogens is 5. The molecular formula is C28H35N7O4S2. The lowest BCUT2D eigenvalue weighted by atomic mass is 10.0. The van der Waals surface area contributed by atoms with E-state index in [1.807, 2.05) is 44.8 Å². The predicted octanol–water partition coefficient (Wildman–Crippen LogP) is 5.30. The van der Waals surface area contributed by atoms with E-state index >= 15 is 0 Å². The fourth-order valence-corrected chi connectivity index (χ4v) is 7.24. The summed E-state index contributed by atoms with van der Waals surface area (Å²) in [5.41, 5.74) is 1.05. The first-order valence-electron chi connectivity index (χ1n) is 14.0. The number of piperidine rings is 1. The van der Waals surface area contributed by atoms with E-state index in [4.69, 9.17) is 19.4 Å². The lowest BCUT2D eigenvalue weighted by molar-refractivity contribution is -0.0394. The van der Waals surface area contributed by atoms with Gasteiger partial charge in [0.25, 0.3) is 5.56 Å². The minimum absolute atomic E-state index is 0.0393. The van der Waals surface area contributed by atoms with E-state index in [2.05, 4.69) is 10.00 Å². The normalized spacial score (nSPS) is 18.6. The van der Waals surface area contributed by atoms with Gasteiger partial charge in [0.05, 0.1) is 6.20 Å². The zero-order valence-corrected chi connectivity index (χ0v) is 25.4. The number of pyridine rings is 1. The standard InChI is InChI=1S/C28H35N7O4S2/c1-28(2,3)39-27(37)33-11-9-20(10-12-33)32(4)25-30-23-24(40-25)31-26(41-23)34-13-8-18(15-21(34)36)19-16-29-35(17-19)22-7-5-6-14-38-22/h8,13,15-17,20,22H,5-7,9-12,14H2,1-4H3. The number of hydrogen-bond donors (Lipinski definition) is 0. The van der Waals surface area contributed by atoms with Crippen molar-refractivity contribution in [2.45, 2.75) is 70.7 Å². The third kappa shape index (κ3) is 6.02. The number of anilines is 1. The predicted molar refractivity (Wildman–Crippen MR) is 160 cm³/mol. The van der Waals surface area contributed by atoms with Crippen molar-refractivity contribution in [1.29, 1.82) is 0 Å². The maximum atomic E-state index is 13.1. The van der Waals surface area contributed by atoms with E-state index in [0.29, 0.717) is 18.2 Å². The van der Waals surface area contributed by atoms with Gasteiger partial charge in [-0.05, 0) is 64.5 Å². The van der Waals surface area contributed by atoms with Crippen molar-refractivity contribution >= 4 is 43.6 Å². The van der Waals surface area contributed by atoms with Gasteiger partial charge < -0.3 is 19.3 Å². The van der Waals surface area contributed by atoms with E-state index in [-0.39, 0.29) is 23.9 Å². The number of amides is 1. The molecule has 4 aromatic heterocycles. The maximum Gasteiger partial charge on any atom is 0.410 e. The Kier molecular flexibility index (Phi) is 7.60. The zero-order chi connectivity index (χ0) is 28.7. The molecule has 41 heavy (non-hydrogen) atoms. The van der Waals surface area contributed by atoms with Gasteiger partial charge in [-0.2, -0.15) is 5.10 Å². The largest absolute Gasteiger partial charge is 0.444 e. The van der Waals surface area contributed by atoms with Crippen LogP contribution in [0.3, 0.4) is 0 Å². The van der Waals surface area contributed by atoms with Crippen molar-refractivity contribution in [2.75, 3.05) is 31.6 Å². The van der Waals surface area contributed by atoms with E-state index in [0.717, 1.165) is 64.6 Å². The molecule has 0 bridgehead atoms. The van der Waals surface area contributed by atoms with Crippen LogP contribution >= 0.6 is 22.7 Å². The first-order valence-corrected chi connectivity index (χ1v) is 15.7. The molecule has 1 atom stereocenters. The number of nitrogens with zero attached hydrogens (tertiary/aromatic N) is 7. The summed E-state index contributed by atoms with van der Waals surface area (Å²) in [7, 11) is 2.04. The van der Waals surface area contributed by atoms with E-state index in [9.17, 15) is 9.59 Å². The summed E-state index contributed by atoms with van der Waals surface area (Å²) < 4.78 is 14.7. The van der Waals surface area contributed by atoms with Crippen LogP contribution in [0.5, 0.6) is 0 Å². The second-order valence-corrected chi connectivity index (χ2v) is 13.5. The molecule has 2 aliphatic rings. The van der Waals surface area contributed by atoms with Crippen molar-refractivity contribution in [3.63, 3.8) is 0 Å². The average Bonchev–Trinajstić information content (AvgIpc) is 3.68. The molecule has 0 N–H and O–H groups in total. The molecule has 13 heteroatoms. The van der Waals surface area contributed by atoms with Crippen LogP contribution in [0.15, 0.2) is 35.5 Å². The van der Waals surface area contributed by atoms with Crippen molar-refractivity contribution in [1.82, 2.24) is 29.2 Å². The molecule has 6 rings (SSSR count). The van der Waals surface area contributed by atoms with Crippen molar-refractivity contribution < 1.29 is 14.3 Å². The number of carbonyl (C=O) groups excluding carboxylic acids is 1. The monoisotopic (exact) mass is 597 g/mol. The van der Waals surface area contributed by atoms with E-state index in [1.54, 1.807) is 27.9 Å². The smallest absolute Gasteiger partial charge is 0.410 e. The van der Waals surface area contributed by atoms with Gasteiger partial charge in [-0.15, -0.1) is 0 Å². The van der Waals surface area contributed by atoms with Crippen LogP contribution < -0.4 is 10.5 Å². The summed E-state index contributed by atoms with van der Waals surface area (Å²) in [6.45, 7) is 7.71. The van der Waals surface area contributed by atoms with Gasteiger partial charge in [0.2, 0.25) is 0 Å². The van der Waals surface area contributed by atoms with Crippen LogP contribution in [0.2, 0.25) is 0 Å². The summed E-state index contributed by atoms with van der Waals surface area (Å²) >= 11 is 2.93.